The van der Waals surface area contributed by atoms with Crippen LogP contribution >= 0.6 is 12.4 Å². The van der Waals surface area contributed by atoms with Crippen LogP contribution in [0.4, 0.5) is 0 Å². The lowest BCUT2D eigenvalue weighted by molar-refractivity contribution is 0.0933. The maximum atomic E-state index is 12.7. The van der Waals surface area contributed by atoms with Gasteiger partial charge in [0.15, 0.2) is 0 Å². The molecule has 2 N–H and O–H groups in total. The molecule has 3 heterocycles. The van der Waals surface area contributed by atoms with Crippen molar-refractivity contribution in [2.24, 2.45) is 0 Å². The van der Waals surface area contributed by atoms with Crippen LogP contribution in [-0.2, 0) is 0 Å². The zero-order chi connectivity index (χ0) is 18.6. The van der Waals surface area contributed by atoms with Crippen LogP contribution in [0.1, 0.15) is 47.9 Å². The Morgan fingerprint density at radius 2 is 2.11 bits per heavy atom. The van der Waals surface area contributed by atoms with Crippen molar-refractivity contribution in [1.82, 2.24) is 30.2 Å². The molecule has 1 aliphatic heterocycles. The second-order valence-corrected chi connectivity index (χ2v) is 6.89. The third kappa shape index (κ3) is 4.26. The number of amides is 1. The molecule has 2 unspecified atom stereocenters. The quantitative estimate of drug-likeness (QED) is 0.690. The second-order valence-electron chi connectivity index (χ2n) is 6.89. The van der Waals surface area contributed by atoms with Crippen LogP contribution in [0.2, 0.25) is 0 Å². The number of benzene rings is 1. The summed E-state index contributed by atoms with van der Waals surface area (Å²) in [6.07, 6.45) is 7.76. The van der Waals surface area contributed by atoms with Gasteiger partial charge in [0.05, 0.1) is 17.8 Å². The molecule has 148 valence electrons. The van der Waals surface area contributed by atoms with Crippen LogP contribution in [0.25, 0.3) is 5.69 Å². The topological polar surface area (TPSA) is 76.8 Å². The molecule has 8 heteroatoms. The summed E-state index contributed by atoms with van der Waals surface area (Å²) in [5, 5.41) is 15.2. The van der Waals surface area contributed by atoms with Crippen LogP contribution in [-0.4, -0.2) is 38.6 Å². The Morgan fingerprint density at radius 1 is 1.25 bits per heavy atom. The zero-order valence-electron chi connectivity index (χ0n) is 15.8. The Morgan fingerprint density at radius 3 is 2.86 bits per heavy atom. The molecule has 0 spiro atoms. The van der Waals surface area contributed by atoms with Crippen molar-refractivity contribution in [3.8, 4) is 5.69 Å². The van der Waals surface area contributed by atoms with Crippen molar-refractivity contribution in [2.75, 3.05) is 13.1 Å². The highest BCUT2D eigenvalue weighted by molar-refractivity contribution is 5.92. The molecular weight excluding hydrogens is 376 g/mol. The molecule has 0 radical (unpaired) electrons. The predicted octanol–water partition coefficient (Wildman–Crippen LogP) is 2.91. The predicted molar refractivity (Wildman–Crippen MR) is 110 cm³/mol. The van der Waals surface area contributed by atoms with E-state index in [0.29, 0.717) is 11.7 Å². The highest BCUT2D eigenvalue weighted by atomic mass is 35.5. The summed E-state index contributed by atoms with van der Waals surface area (Å²) < 4.78 is 3.71. The van der Waals surface area contributed by atoms with Gasteiger partial charge < -0.3 is 10.6 Å². The first-order valence-corrected chi connectivity index (χ1v) is 9.38. The van der Waals surface area contributed by atoms with Crippen molar-refractivity contribution >= 4 is 18.3 Å². The molecule has 1 fully saturated rings. The van der Waals surface area contributed by atoms with E-state index in [1.165, 1.54) is 0 Å². The normalized spacial score (nSPS) is 17.5. The van der Waals surface area contributed by atoms with Gasteiger partial charge in [0, 0.05) is 25.1 Å². The summed E-state index contributed by atoms with van der Waals surface area (Å²) in [5.41, 5.74) is 2.41. The van der Waals surface area contributed by atoms with Crippen molar-refractivity contribution in [2.45, 2.75) is 31.8 Å². The smallest absolute Gasteiger partial charge is 0.272 e. The number of halogens is 1. The minimum Gasteiger partial charge on any atom is -0.344 e. The molecule has 1 aromatic carbocycles. The van der Waals surface area contributed by atoms with Crippen molar-refractivity contribution in [3.05, 3.63) is 66.2 Å². The van der Waals surface area contributed by atoms with Crippen molar-refractivity contribution in [1.29, 1.82) is 0 Å². The van der Waals surface area contributed by atoms with Gasteiger partial charge in [-0.15, -0.1) is 12.4 Å². The second kappa shape index (κ2) is 9.03. The first-order valence-electron chi connectivity index (χ1n) is 9.38. The standard InChI is InChI=1S/C20H24N6O.ClH/c1-15(17-7-2-3-8-19(17)26-12-5-11-22-26)23-20(27)18-9-13-25(24-18)16-6-4-10-21-14-16;/h2-3,5,7-9,11-13,15-16,21H,4,6,10,14H2,1H3,(H,23,27);1H. The Hall–Kier alpha value is -2.64. The van der Waals surface area contributed by atoms with E-state index in [9.17, 15) is 4.79 Å². The number of nitrogens with one attached hydrogen (secondary N) is 2. The van der Waals surface area contributed by atoms with Crippen LogP contribution in [0.5, 0.6) is 0 Å². The molecule has 4 rings (SSSR count). The zero-order valence-corrected chi connectivity index (χ0v) is 16.6. The maximum Gasteiger partial charge on any atom is 0.272 e. The number of aromatic nitrogens is 4. The lowest BCUT2D eigenvalue weighted by Crippen LogP contribution is -2.32. The third-order valence-electron chi connectivity index (χ3n) is 4.99. The Bertz CT molecular complexity index is 901. The van der Waals surface area contributed by atoms with E-state index in [1.807, 2.05) is 59.0 Å². The number of carbonyl (C=O) groups excluding carboxylic acids is 1. The fourth-order valence-corrected chi connectivity index (χ4v) is 3.54. The van der Waals surface area contributed by atoms with E-state index in [4.69, 9.17) is 0 Å². The molecule has 2 aromatic heterocycles. The summed E-state index contributed by atoms with van der Waals surface area (Å²) >= 11 is 0. The minimum atomic E-state index is -0.167. The summed E-state index contributed by atoms with van der Waals surface area (Å²) in [6.45, 7) is 3.93. The van der Waals surface area contributed by atoms with Crippen LogP contribution < -0.4 is 10.6 Å². The Balaban J connectivity index is 0.00000225. The van der Waals surface area contributed by atoms with Gasteiger partial charge in [0.1, 0.15) is 5.69 Å². The maximum absolute atomic E-state index is 12.7. The molecule has 0 aliphatic carbocycles. The van der Waals surface area contributed by atoms with Gasteiger partial charge in [-0.3, -0.25) is 9.48 Å². The third-order valence-corrected chi connectivity index (χ3v) is 4.99. The fraction of sp³-hybridized carbons (Fsp3) is 0.350. The van der Waals surface area contributed by atoms with E-state index >= 15 is 0 Å². The summed E-state index contributed by atoms with van der Waals surface area (Å²) in [6, 6.07) is 11.8. The number of para-hydroxylation sites is 1. The number of hydrogen-bond acceptors (Lipinski definition) is 4. The van der Waals surface area contributed by atoms with Gasteiger partial charge in [0.25, 0.3) is 5.91 Å². The molecule has 2 atom stereocenters. The molecule has 28 heavy (non-hydrogen) atoms. The van der Waals surface area contributed by atoms with Gasteiger partial charge in [-0.1, -0.05) is 18.2 Å². The van der Waals surface area contributed by atoms with Gasteiger partial charge in [-0.2, -0.15) is 10.2 Å². The van der Waals surface area contributed by atoms with Crippen molar-refractivity contribution in [3.63, 3.8) is 0 Å². The average Bonchev–Trinajstić information content (AvgIpc) is 3.41. The van der Waals surface area contributed by atoms with Crippen LogP contribution in [0.15, 0.2) is 55.0 Å². The van der Waals surface area contributed by atoms with Gasteiger partial charge in [0.2, 0.25) is 0 Å². The molecule has 7 nitrogen and oxygen atoms in total. The number of rotatable bonds is 5. The molecule has 0 saturated carbocycles. The van der Waals surface area contributed by atoms with Gasteiger partial charge >= 0.3 is 0 Å². The lowest BCUT2D eigenvalue weighted by atomic mass is 10.1. The lowest BCUT2D eigenvalue weighted by Gasteiger charge is -2.23. The van der Waals surface area contributed by atoms with E-state index in [-0.39, 0.29) is 24.4 Å². The summed E-state index contributed by atoms with van der Waals surface area (Å²) in [4.78, 5) is 12.7. The van der Waals surface area contributed by atoms with Crippen LogP contribution in [0, 0.1) is 0 Å². The molecule has 1 amide bonds. The van der Waals surface area contributed by atoms with Gasteiger partial charge in [-0.25, -0.2) is 4.68 Å². The largest absolute Gasteiger partial charge is 0.344 e. The van der Waals surface area contributed by atoms with E-state index in [1.54, 1.807) is 12.3 Å². The number of carbonyl (C=O) groups is 1. The highest BCUT2D eigenvalue weighted by Crippen LogP contribution is 2.21. The highest BCUT2D eigenvalue weighted by Gasteiger charge is 2.20. The minimum absolute atomic E-state index is 0. The molecule has 1 aliphatic rings. The molecule has 0 bridgehead atoms. The average molecular weight is 401 g/mol. The first-order chi connectivity index (χ1) is 13.2. The summed E-state index contributed by atoms with van der Waals surface area (Å²) in [7, 11) is 0. The molecule has 3 aromatic rings. The van der Waals surface area contributed by atoms with Crippen LogP contribution in [0.3, 0.4) is 0 Å². The van der Waals surface area contributed by atoms with E-state index < -0.39 is 0 Å². The monoisotopic (exact) mass is 400 g/mol. The summed E-state index contributed by atoms with van der Waals surface area (Å²) in [5.74, 6) is -0.166. The fourth-order valence-electron chi connectivity index (χ4n) is 3.54. The van der Waals surface area contributed by atoms with Gasteiger partial charge in [-0.05, 0) is 50.1 Å². The SMILES string of the molecule is CC(NC(=O)c1ccn(C2CCCNC2)n1)c1ccccc1-n1cccn1.Cl. The Labute approximate surface area is 170 Å². The Kier molecular flexibility index (Phi) is 6.49. The number of hydrogen-bond donors (Lipinski definition) is 2. The number of nitrogens with zero attached hydrogens (tertiary/aromatic N) is 4. The molecule has 1 saturated heterocycles. The van der Waals surface area contributed by atoms with E-state index in [0.717, 1.165) is 37.2 Å². The first kappa shape index (κ1) is 20.1. The number of piperidine rings is 1. The van der Waals surface area contributed by atoms with Crippen molar-refractivity contribution < 1.29 is 4.79 Å². The molecular formula is C20H25ClN6O. The van der Waals surface area contributed by atoms with E-state index in [2.05, 4.69) is 20.8 Å².